The van der Waals surface area contributed by atoms with Crippen molar-refractivity contribution in [2.75, 3.05) is 6.61 Å². The predicted octanol–water partition coefficient (Wildman–Crippen LogP) is 1.32. The van der Waals surface area contributed by atoms with Gasteiger partial charge in [0.1, 0.15) is 18.1 Å². The Morgan fingerprint density at radius 3 is 2.92 bits per heavy atom. The van der Waals surface area contributed by atoms with Gasteiger partial charge in [-0.3, -0.25) is 0 Å². The van der Waals surface area contributed by atoms with Gasteiger partial charge in [-0.1, -0.05) is 6.08 Å². The Bertz CT molecular complexity index is 313. The highest BCUT2D eigenvalue weighted by molar-refractivity contribution is 5.27. The van der Waals surface area contributed by atoms with Crippen LogP contribution in [0.4, 0.5) is 0 Å². The number of nitrogens with zero attached hydrogens (tertiary/aromatic N) is 1. The molecule has 0 saturated carbocycles. The van der Waals surface area contributed by atoms with Crippen molar-refractivity contribution in [3.63, 3.8) is 0 Å². The molecular formula is C10H9NO2. The second kappa shape index (κ2) is 3.39. The van der Waals surface area contributed by atoms with Gasteiger partial charge >= 0.3 is 0 Å². The molecule has 2 rings (SSSR count). The van der Waals surface area contributed by atoms with Crippen LogP contribution in [-0.2, 0) is 9.47 Å². The fourth-order valence-electron chi connectivity index (χ4n) is 1.21. The van der Waals surface area contributed by atoms with Gasteiger partial charge in [0.05, 0.1) is 6.26 Å². The molecule has 2 heterocycles. The fourth-order valence-corrected chi connectivity index (χ4v) is 1.21. The molecule has 3 nitrogen and oxygen atoms in total. The zero-order chi connectivity index (χ0) is 9.10. The number of allylic oxidation sites excluding steroid dienone is 4. The minimum absolute atomic E-state index is 0.170. The van der Waals surface area contributed by atoms with E-state index in [1.54, 1.807) is 18.2 Å². The van der Waals surface area contributed by atoms with Crippen molar-refractivity contribution >= 4 is 0 Å². The van der Waals surface area contributed by atoms with Crippen molar-refractivity contribution < 1.29 is 9.47 Å². The van der Waals surface area contributed by atoms with Crippen LogP contribution in [0.1, 0.15) is 0 Å². The van der Waals surface area contributed by atoms with Crippen LogP contribution in [0.25, 0.3) is 0 Å². The molecule has 2 radical (unpaired) electrons. The molecular weight excluding hydrogens is 166 g/mol. The lowest BCUT2D eigenvalue weighted by Crippen LogP contribution is -2.21. The smallest absolute Gasteiger partial charge is 0.198 e. The molecule has 3 heteroatoms. The van der Waals surface area contributed by atoms with E-state index in [1.165, 1.54) is 6.26 Å². The van der Waals surface area contributed by atoms with Gasteiger partial charge in [-0.15, -0.1) is 0 Å². The SMILES string of the molecule is [N]C1=CC=COC1C1=CC=CCO1. The summed E-state index contributed by atoms with van der Waals surface area (Å²) < 4.78 is 10.5. The first-order valence-corrected chi connectivity index (χ1v) is 4.08. The topological polar surface area (TPSA) is 40.8 Å². The highest BCUT2D eigenvalue weighted by Crippen LogP contribution is 2.20. The van der Waals surface area contributed by atoms with Crippen LogP contribution < -0.4 is 5.73 Å². The van der Waals surface area contributed by atoms with E-state index in [0.29, 0.717) is 12.4 Å². The number of rotatable bonds is 1. The minimum atomic E-state index is -0.477. The maximum atomic E-state index is 9.46. The molecule has 66 valence electrons. The summed E-state index contributed by atoms with van der Waals surface area (Å²) in [5.74, 6) is 0.639. The number of hydrogen-bond acceptors (Lipinski definition) is 2. The molecule has 13 heavy (non-hydrogen) atoms. The molecule has 0 aromatic carbocycles. The first-order valence-electron chi connectivity index (χ1n) is 4.08. The predicted molar refractivity (Wildman–Crippen MR) is 47.4 cm³/mol. The summed E-state index contributed by atoms with van der Waals surface area (Å²) in [5, 5.41) is 0. The first-order chi connectivity index (χ1) is 6.38. The second-order valence-electron chi connectivity index (χ2n) is 2.74. The quantitative estimate of drug-likeness (QED) is 0.603. The Morgan fingerprint density at radius 1 is 1.31 bits per heavy atom. The highest BCUT2D eigenvalue weighted by Gasteiger charge is 2.22. The van der Waals surface area contributed by atoms with Gasteiger partial charge in [-0.05, 0) is 24.3 Å². The molecule has 2 aliphatic heterocycles. The molecule has 1 atom stereocenters. The average Bonchev–Trinajstić information content (AvgIpc) is 2.20. The van der Waals surface area contributed by atoms with Gasteiger partial charge in [-0.25, -0.2) is 0 Å². The average molecular weight is 175 g/mol. The van der Waals surface area contributed by atoms with E-state index in [1.807, 2.05) is 12.2 Å². The van der Waals surface area contributed by atoms with Crippen molar-refractivity contribution in [1.29, 1.82) is 0 Å². The molecule has 0 amide bonds. The van der Waals surface area contributed by atoms with E-state index >= 15 is 0 Å². The third-order valence-electron chi connectivity index (χ3n) is 1.83. The Labute approximate surface area is 76.8 Å². The van der Waals surface area contributed by atoms with E-state index in [9.17, 15) is 5.73 Å². The van der Waals surface area contributed by atoms with Crippen LogP contribution in [-0.4, -0.2) is 12.7 Å². The van der Waals surface area contributed by atoms with Crippen LogP contribution in [0.15, 0.2) is 48.1 Å². The molecule has 0 N–H and O–H groups in total. The van der Waals surface area contributed by atoms with Crippen LogP contribution in [0.3, 0.4) is 0 Å². The zero-order valence-corrected chi connectivity index (χ0v) is 7.01. The highest BCUT2D eigenvalue weighted by atomic mass is 16.5. The maximum absolute atomic E-state index is 9.46. The molecule has 2 aliphatic rings. The monoisotopic (exact) mass is 175 g/mol. The lowest BCUT2D eigenvalue weighted by molar-refractivity contribution is 0.114. The molecule has 0 aliphatic carbocycles. The molecule has 1 unspecified atom stereocenters. The summed E-state index contributed by atoms with van der Waals surface area (Å²) >= 11 is 0. The normalized spacial score (nSPS) is 25.7. The Balaban J connectivity index is 2.17. The molecule has 0 saturated heterocycles. The zero-order valence-electron chi connectivity index (χ0n) is 7.01. The minimum Gasteiger partial charge on any atom is -0.489 e. The van der Waals surface area contributed by atoms with Crippen molar-refractivity contribution in [3.8, 4) is 0 Å². The Morgan fingerprint density at radius 2 is 2.23 bits per heavy atom. The van der Waals surface area contributed by atoms with E-state index < -0.39 is 6.10 Å². The first kappa shape index (κ1) is 7.98. The van der Waals surface area contributed by atoms with Gasteiger partial charge in [0.2, 0.25) is 0 Å². The fraction of sp³-hybridized carbons (Fsp3) is 0.200. The summed E-state index contributed by atoms with van der Waals surface area (Å²) in [5.41, 5.74) is 9.63. The van der Waals surface area contributed by atoms with Crippen molar-refractivity contribution in [3.05, 3.63) is 48.1 Å². The van der Waals surface area contributed by atoms with Crippen LogP contribution >= 0.6 is 0 Å². The van der Waals surface area contributed by atoms with E-state index in [2.05, 4.69) is 0 Å². The summed E-state index contributed by atoms with van der Waals surface area (Å²) in [6.07, 6.45) is 9.86. The Hall–Kier alpha value is -1.64. The van der Waals surface area contributed by atoms with E-state index in [0.717, 1.165) is 0 Å². The van der Waals surface area contributed by atoms with Crippen LogP contribution in [0, 0.1) is 0 Å². The molecule has 0 aromatic heterocycles. The molecule has 0 fully saturated rings. The van der Waals surface area contributed by atoms with Crippen molar-refractivity contribution in [2.24, 2.45) is 0 Å². The second-order valence-corrected chi connectivity index (χ2v) is 2.74. The van der Waals surface area contributed by atoms with Crippen molar-refractivity contribution in [2.45, 2.75) is 6.10 Å². The van der Waals surface area contributed by atoms with Crippen molar-refractivity contribution in [1.82, 2.24) is 5.73 Å². The molecule has 0 aromatic rings. The largest absolute Gasteiger partial charge is 0.489 e. The lowest BCUT2D eigenvalue weighted by atomic mass is 10.1. The maximum Gasteiger partial charge on any atom is 0.198 e. The summed E-state index contributed by atoms with van der Waals surface area (Å²) in [7, 11) is 0. The van der Waals surface area contributed by atoms with E-state index in [4.69, 9.17) is 9.47 Å². The molecule has 0 spiro atoms. The lowest BCUT2D eigenvalue weighted by Gasteiger charge is -2.21. The van der Waals surface area contributed by atoms with Gasteiger partial charge in [0.15, 0.2) is 6.10 Å². The van der Waals surface area contributed by atoms with Gasteiger partial charge < -0.3 is 9.47 Å². The summed E-state index contributed by atoms with van der Waals surface area (Å²) in [6, 6.07) is 0. The number of ether oxygens (including phenoxy) is 2. The number of hydrogen-bond donors (Lipinski definition) is 0. The molecule has 0 bridgehead atoms. The summed E-state index contributed by atoms with van der Waals surface area (Å²) in [4.78, 5) is 0. The van der Waals surface area contributed by atoms with Gasteiger partial charge in [0, 0.05) is 0 Å². The van der Waals surface area contributed by atoms with Gasteiger partial charge in [-0.2, -0.15) is 5.73 Å². The van der Waals surface area contributed by atoms with Crippen LogP contribution in [0.5, 0.6) is 0 Å². The Kier molecular flexibility index (Phi) is 2.08. The van der Waals surface area contributed by atoms with Gasteiger partial charge in [0.25, 0.3) is 0 Å². The standard InChI is InChI=1S/C10H9NO2/c11-8-4-3-7-13-10(8)9-5-1-2-6-12-9/h1-5,7,10H,6H2. The summed E-state index contributed by atoms with van der Waals surface area (Å²) in [6.45, 7) is 0.530. The third kappa shape index (κ3) is 1.59. The third-order valence-corrected chi connectivity index (χ3v) is 1.83. The van der Waals surface area contributed by atoms with E-state index in [-0.39, 0.29) is 5.70 Å². The van der Waals surface area contributed by atoms with Crippen LogP contribution in [0.2, 0.25) is 0 Å².